The van der Waals surface area contributed by atoms with E-state index in [4.69, 9.17) is 27.9 Å². The molecule has 1 saturated heterocycles. The van der Waals surface area contributed by atoms with Gasteiger partial charge in [-0.25, -0.2) is 0 Å². The molecule has 0 atom stereocenters. The first-order valence-corrected chi connectivity index (χ1v) is 16.9. The lowest BCUT2D eigenvalue weighted by atomic mass is 10.2. The van der Waals surface area contributed by atoms with E-state index in [2.05, 4.69) is 26.2 Å². The molecule has 0 bridgehead atoms. The topological polar surface area (TPSA) is 144 Å². The third kappa shape index (κ3) is 7.68. The Morgan fingerprint density at radius 1 is 0.735 bits per heavy atom. The first-order valence-electron chi connectivity index (χ1n) is 15.4. The number of amides is 4. The highest BCUT2D eigenvalue weighted by molar-refractivity contribution is 7.21. The Morgan fingerprint density at radius 2 is 1.24 bits per heavy atom. The second-order valence-electron chi connectivity index (χ2n) is 11.6. The number of carbonyl (C=O) groups excluding carboxylic acids is 4. The third-order valence-electron chi connectivity index (χ3n) is 8.10. The molecule has 1 fully saturated rings. The summed E-state index contributed by atoms with van der Waals surface area (Å²) < 4.78 is 11.0. The van der Waals surface area contributed by atoms with Gasteiger partial charge < -0.3 is 39.7 Å². The van der Waals surface area contributed by atoms with Gasteiger partial charge in [0.25, 0.3) is 23.6 Å². The van der Waals surface area contributed by atoms with E-state index in [1.807, 2.05) is 0 Å². The minimum atomic E-state index is -0.442. The highest BCUT2D eigenvalue weighted by Crippen LogP contribution is 2.37. The zero-order valence-electron chi connectivity index (χ0n) is 26.9. The van der Waals surface area contributed by atoms with E-state index in [0.717, 1.165) is 29.7 Å². The quantitative estimate of drug-likeness (QED) is 0.159. The maximum absolute atomic E-state index is 13.2. The third-order valence-corrected chi connectivity index (χ3v) is 9.99. The molecular weight excluding hydrogens is 691 g/mol. The van der Waals surface area contributed by atoms with Gasteiger partial charge in [-0.15, -0.1) is 11.3 Å². The number of aryl methyl sites for hydroxylation is 3. The van der Waals surface area contributed by atoms with E-state index in [0.29, 0.717) is 57.4 Å². The summed E-state index contributed by atoms with van der Waals surface area (Å²) in [6.07, 6.45) is 4.90. The summed E-state index contributed by atoms with van der Waals surface area (Å²) in [6, 6.07) is 9.95. The van der Waals surface area contributed by atoms with Crippen LogP contribution in [0, 0.1) is 0 Å². The fraction of sp³-hybridized carbons (Fsp3) is 0.273. The van der Waals surface area contributed by atoms with Crippen LogP contribution in [-0.4, -0.2) is 81.6 Å². The maximum atomic E-state index is 13.2. The van der Waals surface area contributed by atoms with E-state index in [-0.39, 0.29) is 17.3 Å². The van der Waals surface area contributed by atoms with Crippen molar-refractivity contribution in [1.29, 1.82) is 0 Å². The number of hydrogen-bond acceptors (Lipinski definition) is 7. The van der Waals surface area contributed by atoms with E-state index < -0.39 is 17.7 Å². The molecule has 1 aliphatic rings. The number of halogens is 2. The molecule has 5 heterocycles. The normalized spacial score (nSPS) is 13.4. The van der Waals surface area contributed by atoms with Crippen molar-refractivity contribution in [2.45, 2.75) is 0 Å². The molecule has 4 N–H and O–H groups in total. The molecule has 0 spiro atoms. The average molecular weight is 726 g/mol. The van der Waals surface area contributed by atoms with Gasteiger partial charge in [0.1, 0.15) is 22.0 Å². The number of anilines is 3. The Hall–Kier alpha value is -4.60. The van der Waals surface area contributed by atoms with Crippen LogP contribution in [0.25, 0.3) is 10.1 Å². The number of nitrogens with one attached hydrogen (secondary N) is 4. The summed E-state index contributed by atoms with van der Waals surface area (Å²) in [6.45, 7) is 4.31. The van der Waals surface area contributed by atoms with Gasteiger partial charge in [-0.3, -0.25) is 24.1 Å². The number of rotatable bonds is 10. The summed E-state index contributed by atoms with van der Waals surface area (Å²) in [7, 11) is 5.10. The van der Waals surface area contributed by atoms with Crippen LogP contribution >= 0.6 is 34.5 Å². The SMILES string of the molecule is Cn1cc(NC(=O)c2cc(NC(=O)c3cc(NC(=O)c4sc5cc(Cl)ccc5c4Cl)cn3C)cn2C)cc1C(=O)NCCN1CCOCC1. The Bertz CT molecular complexity index is 2070. The number of thiophene rings is 1. The lowest BCUT2D eigenvalue weighted by molar-refractivity contribution is 0.0383. The largest absolute Gasteiger partial charge is 0.379 e. The molecule has 5 aromatic rings. The number of ether oxygens (including phenoxy) is 1. The zero-order chi connectivity index (χ0) is 34.8. The van der Waals surface area contributed by atoms with Gasteiger partial charge in [-0.1, -0.05) is 29.3 Å². The number of hydrogen-bond donors (Lipinski definition) is 4. The van der Waals surface area contributed by atoms with Gasteiger partial charge in [0, 0.05) is 81.0 Å². The second-order valence-corrected chi connectivity index (χ2v) is 13.5. The predicted molar refractivity (Wildman–Crippen MR) is 192 cm³/mol. The zero-order valence-corrected chi connectivity index (χ0v) is 29.3. The fourth-order valence-corrected chi connectivity index (χ4v) is 7.27. The van der Waals surface area contributed by atoms with Crippen LogP contribution in [0.2, 0.25) is 10.0 Å². The number of carbonyl (C=O) groups is 4. The number of aromatic nitrogens is 3. The fourth-order valence-electron chi connectivity index (χ4n) is 5.58. The molecule has 0 saturated carbocycles. The molecule has 1 aliphatic heterocycles. The van der Waals surface area contributed by atoms with Crippen LogP contribution in [0.4, 0.5) is 17.1 Å². The first-order chi connectivity index (χ1) is 23.5. The van der Waals surface area contributed by atoms with E-state index in [1.165, 1.54) is 11.3 Å². The molecule has 6 rings (SSSR count). The van der Waals surface area contributed by atoms with Crippen LogP contribution in [0.5, 0.6) is 0 Å². The van der Waals surface area contributed by atoms with Crippen molar-refractivity contribution < 1.29 is 23.9 Å². The first kappa shape index (κ1) is 34.3. The highest BCUT2D eigenvalue weighted by atomic mass is 35.5. The number of fused-ring (bicyclic) bond motifs is 1. The molecule has 0 unspecified atom stereocenters. The molecule has 4 aromatic heterocycles. The van der Waals surface area contributed by atoms with Gasteiger partial charge in [-0.2, -0.15) is 0 Å². The van der Waals surface area contributed by atoms with Crippen molar-refractivity contribution in [2.24, 2.45) is 21.1 Å². The van der Waals surface area contributed by atoms with Gasteiger partial charge >= 0.3 is 0 Å². The van der Waals surface area contributed by atoms with Crippen LogP contribution in [0.1, 0.15) is 41.1 Å². The smallest absolute Gasteiger partial charge is 0.272 e. The summed E-state index contributed by atoms with van der Waals surface area (Å²) >= 11 is 13.8. The van der Waals surface area contributed by atoms with Crippen LogP contribution in [-0.2, 0) is 25.9 Å². The van der Waals surface area contributed by atoms with E-state index in [1.54, 1.807) is 89.8 Å². The Balaban J connectivity index is 1.05. The van der Waals surface area contributed by atoms with Crippen molar-refractivity contribution >= 4 is 85.3 Å². The Labute approximate surface area is 295 Å². The van der Waals surface area contributed by atoms with Gasteiger partial charge in [0.15, 0.2) is 0 Å². The Morgan fingerprint density at radius 3 is 1.80 bits per heavy atom. The van der Waals surface area contributed by atoms with Crippen molar-refractivity contribution in [3.05, 3.63) is 87.0 Å². The number of morpholine rings is 1. The highest BCUT2D eigenvalue weighted by Gasteiger charge is 2.21. The molecule has 13 nitrogen and oxygen atoms in total. The van der Waals surface area contributed by atoms with Crippen LogP contribution in [0.3, 0.4) is 0 Å². The molecule has 0 aliphatic carbocycles. The average Bonchev–Trinajstić information content (AvgIpc) is 3.81. The molecular formula is C33H34Cl2N8O5S. The van der Waals surface area contributed by atoms with E-state index in [9.17, 15) is 19.2 Å². The monoisotopic (exact) mass is 724 g/mol. The molecule has 16 heteroatoms. The molecule has 1 aromatic carbocycles. The summed E-state index contributed by atoms with van der Waals surface area (Å²) in [4.78, 5) is 54.8. The number of benzene rings is 1. The van der Waals surface area contributed by atoms with Gasteiger partial charge in [0.05, 0.1) is 35.3 Å². The molecule has 256 valence electrons. The standard InChI is InChI=1S/C33H34Cl2N8O5S/c1-40-16-20(13-24(40)30(44)36-6-7-43-8-10-48-11-9-43)37-31(45)25-14-21(17-41(25)2)38-32(46)26-15-22(18-42(26)3)39-33(47)29-28(35)23-5-4-19(34)12-27(23)49-29/h4-5,12-18H,6-11H2,1-3H3,(H,36,44)(H,37,45)(H,38,46)(H,39,47). The van der Waals surface area contributed by atoms with Gasteiger partial charge in [-0.05, 0) is 30.3 Å². The summed E-state index contributed by atoms with van der Waals surface area (Å²) in [5.74, 6) is -1.51. The summed E-state index contributed by atoms with van der Waals surface area (Å²) in [5.41, 5.74) is 2.24. The minimum absolute atomic E-state index is 0.238. The van der Waals surface area contributed by atoms with Gasteiger partial charge in [0.2, 0.25) is 0 Å². The maximum Gasteiger partial charge on any atom is 0.272 e. The number of nitrogens with zero attached hydrogens (tertiary/aromatic N) is 4. The van der Waals surface area contributed by atoms with Crippen molar-refractivity contribution in [3.63, 3.8) is 0 Å². The van der Waals surface area contributed by atoms with Crippen molar-refractivity contribution in [2.75, 3.05) is 55.3 Å². The molecule has 4 amide bonds. The summed E-state index contributed by atoms with van der Waals surface area (Å²) in [5, 5.41) is 13.0. The lowest BCUT2D eigenvalue weighted by Crippen LogP contribution is -2.41. The lowest BCUT2D eigenvalue weighted by Gasteiger charge is -2.26. The minimum Gasteiger partial charge on any atom is -0.379 e. The second kappa shape index (κ2) is 14.5. The van der Waals surface area contributed by atoms with Crippen LogP contribution in [0.15, 0.2) is 55.0 Å². The van der Waals surface area contributed by atoms with E-state index >= 15 is 0 Å². The molecule has 0 radical (unpaired) electrons. The van der Waals surface area contributed by atoms with Crippen LogP contribution < -0.4 is 21.3 Å². The predicted octanol–water partition coefficient (Wildman–Crippen LogP) is 5.04. The van der Waals surface area contributed by atoms with Crippen molar-refractivity contribution in [3.8, 4) is 0 Å². The molecule has 49 heavy (non-hydrogen) atoms. The van der Waals surface area contributed by atoms with Crippen molar-refractivity contribution in [1.82, 2.24) is 23.9 Å². The Kier molecular flexibility index (Phi) is 10.1.